The molecular weight excluding hydrogens is 404 g/mol. The maximum Gasteiger partial charge on any atom is 0.306 e. The van der Waals surface area contributed by atoms with Crippen LogP contribution in [-0.2, 0) is 27.3 Å². The van der Waals surface area contributed by atoms with E-state index in [1.807, 2.05) is 60.7 Å². The number of anilines is 1. The van der Waals surface area contributed by atoms with Crippen LogP contribution >= 0.6 is 0 Å². The molecule has 0 fully saturated rings. The zero-order valence-electron chi connectivity index (χ0n) is 17.8. The highest BCUT2D eigenvalue weighted by atomic mass is 16.5. The highest BCUT2D eigenvalue weighted by Gasteiger charge is 2.14. The highest BCUT2D eigenvalue weighted by Crippen LogP contribution is 2.16. The lowest BCUT2D eigenvalue weighted by Crippen LogP contribution is -2.25. The van der Waals surface area contributed by atoms with Crippen LogP contribution in [0.5, 0.6) is 0 Å². The Hall–Kier alpha value is -3.93. The molecule has 6 nitrogen and oxygen atoms in total. The summed E-state index contributed by atoms with van der Waals surface area (Å²) in [5.41, 5.74) is 2.83. The summed E-state index contributed by atoms with van der Waals surface area (Å²) < 4.78 is 5.20. The van der Waals surface area contributed by atoms with Crippen molar-refractivity contribution in [1.29, 1.82) is 0 Å². The van der Waals surface area contributed by atoms with E-state index in [0.29, 0.717) is 24.2 Å². The van der Waals surface area contributed by atoms with Crippen molar-refractivity contribution in [1.82, 2.24) is 5.32 Å². The molecular formula is C26H26N2O4. The quantitative estimate of drug-likeness (QED) is 0.474. The Labute approximate surface area is 187 Å². The largest absolute Gasteiger partial charge is 0.465 e. The number of benzene rings is 3. The first kappa shape index (κ1) is 22.7. The highest BCUT2D eigenvalue weighted by molar-refractivity contribution is 6.04. The van der Waals surface area contributed by atoms with Gasteiger partial charge in [-0.25, -0.2) is 0 Å². The summed E-state index contributed by atoms with van der Waals surface area (Å²) in [7, 11) is 0. The van der Waals surface area contributed by atoms with Gasteiger partial charge in [0.1, 0.15) is 0 Å². The van der Waals surface area contributed by atoms with E-state index in [2.05, 4.69) is 10.6 Å². The van der Waals surface area contributed by atoms with Gasteiger partial charge >= 0.3 is 5.97 Å². The van der Waals surface area contributed by atoms with Gasteiger partial charge in [0.15, 0.2) is 0 Å². The van der Waals surface area contributed by atoms with Gasteiger partial charge in [-0.15, -0.1) is 0 Å². The van der Waals surface area contributed by atoms with E-state index in [-0.39, 0.29) is 31.3 Å². The molecule has 0 spiro atoms. The van der Waals surface area contributed by atoms with Gasteiger partial charge in [0.05, 0.1) is 24.3 Å². The van der Waals surface area contributed by atoms with Crippen LogP contribution in [-0.4, -0.2) is 24.4 Å². The molecule has 0 unspecified atom stereocenters. The molecule has 2 N–H and O–H groups in total. The van der Waals surface area contributed by atoms with Crippen molar-refractivity contribution in [2.45, 2.75) is 25.8 Å². The Kier molecular flexibility index (Phi) is 8.57. The van der Waals surface area contributed by atoms with Crippen LogP contribution in [0.15, 0.2) is 84.9 Å². The molecule has 164 valence electrons. The van der Waals surface area contributed by atoms with Gasteiger partial charge in [0, 0.05) is 19.4 Å². The molecule has 0 aromatic heterocycles. The lowest BCUT2D eigenvalue weighted by atomic mass is 10.1. The molecule has 0 atom stereocenters. The van der Waals surface area contributed by atoms with Crippen LogP contribution in [0.1, 0.15) is 34.3 Å². The van der Waals surface area contributed by atoms with Gasteiger partial charge in [-0.05, 0) is 23.3 Å². The molecule has 6 heteroatoms. The molecule has 0 heterocycles. The van der Waals surface area contributed by atoms with Crippen LogP contribution in [0.2, 0.25) is 0 Å². The third kappa shape index (κ3) is 7.40. The summed E-state index contributed by atoms with van der Waals surface area (Å²) in [4.78, 5) is 36.8. The minimum absolute atomic E-state index is 0.0237. The second kappa shape index (κ2) is 12.1. The Balaban J connectivity index is 1.44. The van der Waals surface area contributed by atoms with E-state index in [1.165, 1.54) is 0 Å². The first-order valence-electron chi connectivity index (χ1n) is 10.5. The van der Waals surface area contributed by atoms with Gasteiger partial charge < -0.3 is 15.4 Å². The molecule has 3 aromatic rings. The topological polar surface area (TPSA) is 84.5 Å². The predicted molar refractivity (Wildman–Crippen MR) is 123 cm³/mol. The van der Waals surface area contributed by atoms with Gasteiger partial charge in [0.25, 0.3) is 5.91 Å². The predicted octanol–water partition coefficient (Wildman–Crippen LogP) is 4.12. The van der Waals surface area contributed by atoms with Gasteiger partial charge in [-0.3, -0.25) is 14.4 Å². The van der Waals surface area contributed by atoms with E-state index in [4.69, 9.17) is 4.74 Å². The smallest absolute Gasteiger partial charge is 0.306 e. The van der Waals surface area contributed by atoms with E-state index in [1.54, 1.807) is 24.3 Å². The third-order valence-electron chi connectivity index (χ3n) is 4.79. The monoisotopic (exact) mass is 430 g/mol. The normalized spacial score (nSPS) is 10.2. The summed E-state index contributed by atoms with van der Waals surface area (Å²) in [6.07, 6.45) is 0.581. The van der Waals surface area contributed by atoms with Crippen LogP contribution in [0.4, 0.5) is 5.69 Å². The maximum absolute atomic E-state index is 12.6. The Morgan fingerprint density at radius 2 is 1.34 bits per heavy atom. The lowest BCUT2D eigenvalue weighted by Gasteiger charge is -2.11. The number of amides is 2. The van der Waals surface area contributed by atoms with Crippen molar-refractivity contribution < 1.29 is 19.1 Å². The maximum atomic E-state index is 12.6. The Morgan fingerprint density at radius 1 is 0.719 bits per heavy atom. The lowest BCUT2D eigenvalue weighted by molar-refractivity contribution is -0.144. The Morgan fingerprint density at radius 3 is 2.06 bits per heavy atom. The second-order valence-electron chi connectivity index (χ2n) is 7.22. The van der Waals surface area contributed by atoms with Crippen molar-refractivity contribution >= 4 is 23.5 Å². The number of carbonyl (C=O) groups is 3. The van der Waals surface area contributed by atoms with Gasteiger partial charge in [-0.1, -0.05) is 72.8 Å². The molecule has 0 radical (unpaired) electrons. The average Bonchev–Trinajstić information content (AvgIpc) is 2.83. The molecule has 32 heavy (non-hydrogen) atoms. The molecule has 0 aliphatic rings. The van der Waals surface area contributed by atoms with E-state index >= 15 is 0 Å². The van der Waals surface area contributed by atoms with Crippen LogP contribution in [0, 0.1) is 0 Å². The molecule has 0 aliphatic heterocycles. The van der Waals surface area contributed by atoms with Crippen LogP contribution in [0.3, 0.4) is 0 Å². The first-order valence-corrected chi connectivity index (χ1v) is 10.5. The summed E-state index contributed by atoms with van der Waals surface area (Å²) in [5, 5.41) is 5.57. The summed E-state index contributed by atoms with van der Waals surface area (Å²) >= 11 is 0. The van der Waals surface area contributed by atoms with Crippen LogP contribution < -0.4 is 10.6 Å². The summed E-state index contributed by atoms with van der Waals surface area (Å²) in [5.74, 6) is -1.07. The SMILES string of the molecule is O=C(CCC(=O)OCCc1ccccc1)Nc1ccccc1C(=O)NCc1ccccc1. The Bertz CT molecular complexity index is 1040. The molecule has 0 saturated heterocycles. The number of ether oxygens (including phenoxy) is 1. The van der Waals surface area contributed by atoms with Gasteiger partial charge in [-0.2, -0.15) is 0 Å². The number of hydrogen-bond acceptors (Lipinski definition) is 4. The van der Waals surface area contributed by atoms with E-state index < -0.39 is 5.97 Å². The van der Waals surface area contributed by atoms with E-state index in [9.17, 15) is 14.4 Å². The average molecular weight is 431 g/mol. The van der Waals surface area contributed by atoms with Gasteiger partial charge in [0.2, 0.25) is 5.91 Å². The number of carbonyl (C=O) groups excluding carboxylic acids is 3. The van der Waals surface area contributed by atoms with Crippen molar-refractivity contribution in [3.05, 3.63) is 102 Å². The summed E-state index contributed by atoms with van der Waals surface area (Å²) in [6, 6.07) is 26.1. The third-order valence-corrected chi connectivity index (χ3v) is 4.79. The van der Waals surface area contributed by atoms with Crippen molar-refractivity contribution in [2.24, 2.45) is 0 Å². The number of rotatable bonds is 10. The minimum Gasteiger partial charge on any atom is -0.465 e. The first-order chi connectivity index (χ1) is 15.6. The molecule has 3 aromatic carbocycles. The molecule has 0 saturated carbocycles. The van der Waals surface area contributed by atoms with Crippen LogP contribution in [0.25, 0.3) is 0 Å². The molecule has 3 rings (SSSR count). The number of nitrogens with one attached hydrogen (secondary N) is 2. The fourth-order valence-corrected chi connectivity index (χ4v) is 3.09. The fraction of sp³-hybridized carbons (Fsp3) is 0.192. The molecule has 2 amide bonds. The zero-order valence-corrected chi connectivity index (χ0v) is 17.8. The summed E-state index contributed by atoms with van der Waals surface area (Å²) in [6.45, 7) is 0.658. The van der Waals surface area contributed by atoms with E-state index in [0.717, 1.165) is 11.1 Å². The number of para-hydroxylation sites is 1. The number of hydrogen-bond donors (Lipinski definition) is 2. The minimum atomic E-state index is -0.426. The van der Waals surface area contributed by atoms with Crippen molar-refractivity contribution in [3.63, 3.8) is 0 Å². The number of esters is 1. The zero-order chi connectivity index (χ0) is 22.6. The standard InChI is InChI=1S/C26H26N2O4/c29-24(15-16-25(30)32-18-17-20-9-3-1-4-10-20)28-23-14-8-7-13-22(23)26(31)27-19-21-11-5-2-6-12-21/h1-14H,15-19H2,(H,27,31)(H,28,29). The van der Waals surface area contributed by atoms with Crippen molar-refractivity contribution in [2.75, 3.05) is 11.9 Å². The van der Waals surface area contributed by atoms with Crippen molar-refractivity contribution in [3.8, 4) is 0 Å². The fourth-order valence-electron chi connectivity index (χ4n) is 3.09. The molecule has 0 bridgehead atoms. The second-order valence-corrected chi connectivity index (χ2v) is 7.22. The molecule has 0 aliphatic carbocycles.